The van der Waals surface area contributed by atoms with Gasteiger partial charge in [-0.15, -0.1) is 5.10 Å². The summed E-state index contributed by atoms with van der Waals surface area (Å²) >= 11 is 0. The fourth-order valence-corrected chi connectivity index (χ4v) is 2.20. The van der Waals surface area contributed by atoms with E-state index < -0.39 is 0 Å². The van der Waals surface area contributed by atoms with E-state index in [9.17, 15) is 0 Å². The second kappa shape index (κ2) is 4.75. The first-order valence-electron chi connectivity index (χ1n) is 5.94. The van der Waals surface area contributed by atoms with Gasteiger partial charge >= 0.3 is 0 Å². The highest BCUT2D eigenvalue weighted by molar-refractivity contribution is 4.98. The molecule has 1 fully saturated rings. The van der Waals surface area contributed by atoms with Gasteiger partial charge in [-0.3, -0.25) is 0 Å². The van der Waals surface area contributed by atoms with Crippen LogP contribution in [0.5, 0.6) is 0 Å². The van der Waals surface area contributed by atoms with Gasteiger partial charge in [-0.05, 0) is 19.8 Å². The van der Waals surface area contributed by atoms with Crippen LogP contribution in [0.2, 0.25) is 0 Å². The Morgan fingerprint density at radius 2 is 2.00 bits per heavy atom. The third-order valence-corrected chi connectivity index (χ3v) is 3.19. The zero-order valence-corrected chi connectivity index (χ0v) is 9.39. The third kappa shape index (κ3) is 2.56. The molecule has 1 atom stereocenters. The van der Waals surface area contributed by atoms with Crippen LogP contribution in [-0.2, 0) is 0 Å². The Balaban J connectivity index is 2.06. The van der Waals surface area contributed by atoms with Crippen LogP contribution in [0, 0.1) is 0 Å². The van der Waals surface area contributed by atoms with E-state index in [0.717, 1.165) is 5.69 Å². The van der Waals surface area contributed by atoms with Crippen LogP contribution in [0.3, 0.4) is 0 Å². The van der Waals surface area contributed by atoms with Crippen molar-refractivity contribution in [1.82, 2.24) is 15.0 Å². The quantitative estimate of drug-likeness (QED) is 0.758. The van der Waals surface area contributed by atoms with E-state index in [-0.39, 0.29) is 6.04 Å². The summed E-state index contributed by atoms with van der Waals surface area (Å²) in [7, 11) is 0. The first-order valence-corrected chi connectivity index (χ1v) is 5.94. The highest BCUT2D eigenvalue weighted by Gasteiger charge is 2.16. The Hall–Kier alpha value is -0.900. The molecule has 4 nitrogen and oxygen atoms in total. The molecule has 0 amide bonds. The Morgan fingerprint density at radius 1 is 1.33 bits per heavy atom. The summed E-state index contributed by atoms with van der Waals surface area (Å²) in [5.74, 6) is 0. The third-order valence-electron chi connectivity index (χ3n) is 3.19. The predicted molar refractivity (Wildman–Crippen MR) is 59.4 cm³/mol. The van der Waals surface area contributed by atoms with Crippen LogP contribution >= 0.6 is 0 Å². The number of rotatable bonds is 2. The summed E-state index contributed by atoms with van der Waals surface area (Å²) in [4.78, 5) is 0. The first-order chi connectivity index (χ1) is 7.27. The smallest absolute Gasteiger partial charge is 0.0991 e. The summed E-state index contributed by atoms with van der Waals surface area (Å²) in [6, 6.07) is 0.539. The second-order valence-corrected chi connectivity index (χ2v) is 4.56. The molecule has 2 N–H and O–H groups in total. The fraction of sp³-hybridized carbons (Fsp3) is 0.818. The molecule has 1 unspecified atom stereocenters. The monoisotopic (exact) mass is 208 g/mol. The van der Waals surface area contributed by atoms with Gasteiger partial charge in [-0.1, -0.05) is 30.9 Å². The number of hydrogen-bond acceptors (Lipinski definition) is 3. The average molecular weight is 208 g/mol. The lowest BCUT2D eigenvalue weighted by molar-refractivity contribution is 0.396. The van der Waals surface area contributed by atoms with Crippen molar-refractivity contribution in [2.24, 2.45) is 5.73 Å². The molecule has 84 valence electrons. The maximum absolute atomic E-state index is 5.77. The summed E-state index contributed by atoms with van der Waals surface area (Å²) in [5.41, 5.74) is 6.67. The van der Waals surface area contributed by atoms with Gasteiger partial charge in [0.2, 0.25) is 0 Å². The van der Waals surface area contributed by atoms with Gasteiger partial charge in [0, 0.05) is 6.04 Å². The molecule has 0 aliphatic heterocycles. The highest BCUT2D eigenvalue weighted by Crippen LogP contribution is 2.26. The highest BCUT2D eigenvalue weighted by atomic mass is 15.4. The van der Waals surface area contributed by atoms with Crippen molar-refractivity contribution in [3.63, 3.8) is 0 Å². The largest absolute Gasteiger partial charge is 0.323 e. The molecular weight excluding hydrogens is 188 g/mol. The number of aromatic nitrogens is 3. The van der Waals surface area contributed by atoms with E-state index in [0.29, 0.717) is 6.04 Å². The molecule has 1 heterocycles. The van der Waals surface area contributed by atoms with Gasteiger partial charge < -0.3 is 5.73 Å². The van der Waals surface area contributed by atoms with Gasteiger partial charge in [0.15, 0.2) is 0 Å². The molecular formula is C11H20N4. The molecule has 1 aliphatic rings. The number of hydrogen-bond donors (Lipinski definition) is 1. The molecule has 0 spiro atoms. The predicted octanol–water partition coefficient (Wildman–Crippen LogP) is 2.19. The van der Waals surface area contributed by atoms with Crippen molar-refractivity contribution in [3.8, 4) is 0 Å². The molecule has 0 saturated heterocycles. The molecule has 1 aliphatic carbocycles. The van der Waals surface area contributed by atoms with Crippen LogP contribution < -0.4 is 5.73 Å². The van der Waals surface area contributed by atoms with E-state index in [1.165, 1.54) is 38.5 Å². The van der Waals surface area contributed by atoms with Gasteiger partial charge in [0.1, 0.15) is 0 Å². The Kier molecular flexibility index (Phi) is 3.36. The molecule has 1 aromatic rings. The topological polar surface area (TPSA) is 56.7 Å². The van der Waals surface area contributed by atoms with Gasteiger partial charge in [-0.2, -0.15) is 0 Å². The fourth-order valence-electron chi connectivity index (χ4n) is 2.20. The Labute approximate surface area is 90.8 Å². The standard InChI is InChI=1S/C11H20N4/c1-9(12)11-8-15(14-13-11)10-6-4-2-3-5-7-10/h8-10H,2-7,12H2,1H3. The van der Waals surface area contributed by atoms with Crippen molar-refractivity contribution >= 4 is 0 Å². The van der Waals surface area contributed by atoms with Crippen molar-refractivity contribution in [2.75, 3.05) is 0 Å². The van der Waals surface area contributed by atoms with Crippen LogP contribution in [0.15, 0.2) is 6.20 Å². The second-order valence-electron chi connectivity index (χ2n) is 4.56. The molecule has 15 heavy (non-hydrogen) atoms. The van der Waals surface area contributed by atoms with E-state index in [1.807, 2.05) is 17.8 Å². The first kappa shape index (κ1) is 10.6. The summed E-state index contributed by atoms with van der Waals surface area (Å²) in [6.45, 7) is 1.95. The molecule has 0 radical (unpaired) electrons. The Bertz CT molecular complexity index is 297. The molecule has 0 aromatic carbocycles. The summed E-state index contributed by atoms with van der Waals surface area (Å²) < 4.78 is 2.02. The maximum Gasteiger partial charge on any atom is 0.0991 e. The zero-order valence-electron chi connectivity index (χ0n) is 9.39. The maximum atomic E-state index is 5.77. The minimum Gasteiger partial charge on any atom is -0.323 e. The van der Waals surface area contributed by atoms with E-state index in [1.54, 1.807) is 0 Å². The summed E-state index contributed by atoms with van der Waals surface area (Å²) in [6.07, 6.45) is 9.86. The molecule has 1 aromatic heterocycles. The van der Waals surface area contributed by atoms with Crippen LogP contribution in [0.25, 0.3) is 0 Å². The van der Waals surface area contributed by atoms with Gasteiger partial charge in [0.05, 0.1) is 17.9 Å². The lowest BCUT2D eigenvalue weighted by Crippen LogP contribution is -2.09. The van der Waals surface area contributed by atoms with E-state index >= 15 is 0 Å². The molecule has 0 bridgehead atoms. The summed E-state index contributed by atoms with van der Waals surface area (Å²) in [5, 5.41) is 8.30. The van der Waals surface area contributed by atoms with Crippen molar-refractivity contribution in [2.45, 2.75) is 57.5 Å². The van der Waals surface area contributed by atoms with E-state index in [2.05, 4.69) is 10.3 Å². The van der Waals surface area contributed by atoms with Crippen LogP contribution in [-0.4, -0.2) is 15.0 Å². The van der Waals surface area contributed by atoms with E-state index in [4.69, 9.17) is 5.73 Å². The Morgan fingerprint density at radius 3 is 2.53 bits per heavy atom. The lowest BCUT2D eigenvalue weighted by Gasteiger charge is -2.13. The zero-order chi connectivity index (χ0) is 10.7. The lowest BCUT2D eigenvalue weighted by atomic mass is 10.1. The number of nitrogens with two attached hydrogens (primary N) is 1. The van der Waals surface area contributed by atoms with Crippen LogP contribution in [0.1, 0.15) is 63.2 Å². The van der Waals surface area contributed by atoms with Gasteiger partial charge in [-0.25, -0.2) is 4.68 Å². The molecule has 4 heteroatoms. The molecule has 1 saturated carbocycles. The molecule has 2 rings (SSSR count). The minimum absolute atomic E-state index is 0.00970. The number of nitrogens with zero attached hydrogens (tertiary/aromatic N) is 3. The van der Waals surface area contributed by atoms with Crippen molar-refractivity contribution in [1.29, 1.82) is 0 Å². The minimum atomic E-state index is -0.00970. The average Bonchev–Trinajstić information content (AvgIpc) is 2.55. The van der Waals surface area contributed by atoms with Crippen molar-refractivity contribution < 1.29 is 0 Å². The SMILES string of the molecule is CC(N)c1cn(C2CCCCCC2)nn1. The van der Waals surface area contributed by atoms with Gasteiger partial charge in [0.25, 0.3) is 0 Å². The normalized spacial score (nSPS) is 21.2. The van der Waals surface area contributed by atoms with Crippen LogP contribution in [0.4, 0.5) is 0 Å². The van der Waals surface area contributed by atoms with Crippen molar-refractivity contribution in [3.05, 3.63) is 11.9 Å².